The number of benzene rings is 1. The largest absolute Gasteiger partial charge is 0.361 e. The molecule has 2 rings (SSSR count). The summed E-state index contributed by atoms with van der Waals surface area (Å²) in [5, 5.41) is 4.85. The van der Waals surface area contributed by atoms with Crippen LogP contribution in [0.25, 0.3) is 0 Å². The Morgan fingerprint density at radius 1 is 1.35 bits per heavy atom. The normalized spacial score (nSPS) is 19.2. The Morgan fingerprint density at radius 3 is 2.50 bits per heavy atom. The first-order chi connectivity index (χ1) is 9.36. The number of thioether (sulfide) groups is 1. The predicted molar refractivity (Wildman–Crippen MR) is 84.9 cm³/mol. The molecule has 6 heteroatoms. The van der Waals surface area contributed by atoms with Crippen LogP contribution in [0.4, 0.5) is 0 Å². The molecule has 1 N–H and O–H groups in total. The highest BCUT2D eigenvalue weighted by Crippen LogP contribution is 2.26. The average molecular weight is 312 g/mol. The molecule has 0 radical (unpaired) electrons. The van der Waals surface area contributed by atoms with Gasteiger partial charge in [0, 0.05) is 18.1 Å². The Kier molecular flexibility index (Phi) is 4.75. The van der Waals surface area contributed by atoms with Gasteiger partial charge in [0.15, 0.2) is 15.0 Å². The highest BCUT2D eigenvalue weighted by Gasteiger charge is 2.22. The molecule has 1 heterocycles. The second-order valence-corrected chi connectivity index (χ2v) is 8.56. The Morgan fingerprint density at radius 2 is 2.00 bits per heavy atom. The van der Waals surface area contributed by atoms with Crippen LogP contribution in [-0.2, 0) is 16.4 Å². The van der Waals surface area contributed by atoms with E-state index in [4.69, 9.17) is 0 Å². The zero-order valence-electron chi connectivity index (χ0n) is 12.0. The fraction of sp³-hybridized carbons (Fsp3) is 0.500. The Bertz CT molecular complexity index is 592. The van der Waals surface area contributed by atoms with Crippen molar-refractivity contribution in [1.82, 2.24) is 5.32 Å². The van der Waals surface area contributed by atoms with Crippen molar-refractivity contribution in [3.63, 3.8) is 0 Å². The number of nitrogens with zero attached hydrogens (tertiary/aromatic N) is 1. The van der Waals surface area contributed by atoms with Crippen LogP contribution >= 0.6 is 11.8 Å². The standard InChI is InChI=1S/C14H20N2O2S2/c1-10(2)13-9-16-14(19-13)15-8-11-4-6-12(7-5-11)20(3,17)18/h4-7,10,13H,8-9H2,1-3H3,(H,15,16). The molecule has 1 aliphatic rings. The Balaban J connectivity index is 1.89. The van der Waals surface area contributed by atoms with Gasteiger partial charge in [-0.05, 0) is 23.6 Å². The van der Waals surface area contributed by atoms with Gasteiger partial charge in [-0.3, -0.25) is 4.99 Å². The van der Waals surface area contributed by atoms with Crippen LogP contribution < -0.4 is 5.32 Å². The van der Waals surface area contributed by atoms with Crippen molar-refractivity contribution >= 4 is 26.8 Å². The molecule has 0 aromatic heterocycles. The van der Waals surface area contributed by atoms with E-state index in [1.54, 1.807) is 23.9 Å². The summed E-state index contributed by atoms with van der Waals surface area (Å²) >= 11 is 1.79. The minimum atomic E-state index is -3.12. The van der Waals surface area contributed by atoms with E-state index in [2.05, 4.69) is 24.2 Å². The molecule has 1 aromatic rings. The molecule has 0 amide bonds. The number of hydrogen-bond donors (Lipinski definition) is 1. The minimum absolute atomic E-state index is 0.355. The zero-order valence-corrected chi connectivity index (χ0v) is 13.6. The maximum atomic E-state index is 11.4. The molecule has 1 aliphatic heterocycles. The molecule has 1 unspecified atom stereocenters. The van der Waals surface area contributed by atoms with Crippen LogP contribution in [0, 0.1) is 5.92 Å². The lowest BCUT2D eigenvalue weighted by Crippen LogP contribution is -2.20. The van der Waals surface area contributed by atoms with Crippen LogP contribution in [0.2, 0.25) is 0 Å². The van der Waals surface area contributed by atoms with Gasteiger partial charge in [0.2, 0.25) is 0 Å². The van der Waals surface area contributed by atoms with Crippen LogP contribution in [0.15, 0.2) is 34.2 Å². The molecule has 0 saturated heterocycles. The molecule has 110 valence electrons. The summed E-state index contributed by atoms with van der Waals surface area (Å²) < 4.78 is 22.7. The van der Waals surface area contributed by atoms with Crippen molar-refractivity contribution in [2.75, 3.05) is 12.8 Å². The fourth-order valence-electron chi connectivity index (χ4n) is 1.87. The van der Waals surface area contributed by atoms with Gasteiger partial charge in [-0.2, -0.15) is 0 Å². The molecular weight excluding hydrogens is 292 g/mol. The van der Waals surface area contributed by atoms with Crippen molar-refractivity contribution < 1.29 is 8.42 Å². The minimum Gasteiger partial charge on any atom is -0.361 e. The molecule has 0 bridgehead atoms. The van der Waals surface area contributed by atoms with E-state index in [1.165, 1.54) is 6.26 Å². The molecule has 20 heavy (non-hydrogen) atoms. The van der Waals surface area contributed by atoms with Gasteiger partial charge in [0.25, 0.3) is 0 Å². The molecule has 0 fully saturated rings. The number of aliphatic imine (C=N–C) groups is 1. The predicted octanol–water partition coefficient (Wildman–Crippen LogP) is 2.31. The van der Waals surface area contributed by atoms with E-state index in [0.29, 0.717) is 22.6 Å². The molecular formula is C14H20N2O2S2. The molecule has 0 spiro atoms. The van der Waals surface area contributed by atoms with Crippen molar-refractivity contribution in [3.05, 3.63) is 29.8 Å². The molecule has 4 nitrogen and oxygen atoms in total. The maximum Gasteiger partial charge on any atom is 0.175 e. The van der Waals surface area contributed by atoms with Crippen molar-refractivity contribution in [3.8, 4) is 0 Å². The van der Waals surface area contributed by atoms with Crippen molar-refractivity contribution in [2.24, 2.45) is 10.9 Å². The SMILES string of the molecule is CC(C)C1CN=C(NCc2ccc(S(C)(=O)=O)cc2)S1. The highest BCUT2D eigenvalue weighted by molar-refractivity contribution is 8.14. The lowest BCUT2D eigenvalue weighted by atomic mass is 10.1. The number of hydrogen-bond acceptors (Lipinski definition) is 5. The number of sulfone groups is 1. The Labute approximate surface area is 125 Å². The van der Waals surface area contributed by atoms with Crippen LogP contribution in [0.5, 0.6) is 0 Å². The second kappa shape index (κ2) is 6.18. The van der Waals surface area contributed by atoms with E-state index >= 15 is 0 Å². The van der Waals surface area contributed by atoms with E-state index in [-0.39, 0.29) is 0 Å². The van der Waals surface area contributed by atoms with E-state index in [0.717, 1.165) is 17.3 Å². The maximum absolute atomic E-state index is 11.4. The van der Waals surface area contributed by atoms with E-state index in [1.807, 2.05) is 12.1 Å². The van der Waals surface area contributed by atoms with Gasteiger partial charge < -0.3 is 5.32 Å². The smallest absolute Gasteiger partial charge is 0.175 e. The molecule has 0 aliphatic carbocycles. The third kappa shape index (κ3) is 3.99. The quantitative estimate of drug-likeness (QED) is 0.927. The van der Waals surface area contributed by atoms with Gasteiger partial charge in [0.1, 0.15) is 0 Å². The average Bonchev–Trinajstić information content (AvgIpc) is 2.85. The molecule has 1 atom stereocenters. The van der Waals surface area contributed by atoms with Gasteiger partial charge in [-0.1, -0.05) is 37.7 Å². The van der Waals surface area contributed by atoms with Crippen molar-refractivity contribution in [1.29, 1.82) is 0 Å². The summed E-state index contributed by atoms with van der Waals surface area (Å²) in [6, 6.07) is 6.96. The third-order valence-electron chi connectivity index (χ3n) is 3.22. The monoisotopic (exact) mass is 312 g/mol. The zero-order chi connectivity index (χ0) is 14.8. The number of rotatable bonds is 4. The topological polar surface area (TPSA) is 58.5 Å². The van der Waals surface area contributed by atoms with Gasteiger partial charge in [-0.25, -0.2) is 8.42 Å². The molecule has 0 saturated carbocycles. The number of nitrogens with one attached hydrogen (secondary N) is 1. The van der Waals surface area contributed by atoms with Crippen molar-refractivity contribution in [2.45, 2.75) is 30.5 Å². The summed E-state index contributed by atoms with van der Waals surface area (Å²) in [7, 11) is -3.12. The summed E-state index contributed by atoms with van der Waals surface area (Å²) in [5.74, 6) is 0.622. The van der Waals surface area contributed by atoms with E-state index in [9.17, 15) is 8.42 Å². The molecule has 1 aromatic carbocycles. The fourth-order valence-corrected chi connectivity index (χ4v) is 3.51. The summed E-state index contributed by atoms with van der Waals surface area (Å²) in [6.45, 7) is 5.96. The lowest BCUT2D eigenvalue weighted by molar-refractivity contribution is 0.602. The first-order valence-electron chi connectivity index (χ1n) is 6.60. The van der Waals surface area contributed by atoms with Crippen LogP contribution in [-0.4, -0.2) is 31.6 Å². The second-order valence-electron chi connectivity index (χ2n) is 5.32. The first kappa shape index (κ1) is 15.4. The van der Waals surface area contributed by atoms with Crippen LogP contribution in [0.1, 0.15) is 19.4 Å². The van der Waals surface area contributed by atoms with Crippen LogP contribution in [0.3, 0.4) is 0 Å². The lowest BCUT2D eigenvalue weighted by Gasteiger charge is -2.12. The van der Waals surface area contributed by atoms with Gasteiger partial charge in [-0.15, -0.1) is 0 Å². The van der Waals surface area contributed by atoms with Gasteiger partial charge >= 0.3 is 0 Å². The van der Waals surface area contributed by atoms with Gasteiger partial charge in [0.05, 0.1) is 11.4 Å². The van der Waals surface area contributed by atoms with E-state index < -0.39 is 9.84 Å². The summed E-state index contributed by atoms with van der Waals surface area (Å²) in [6.07, 6.45) is 1.22. The summed E-state index contributed by atoms with van der Waals surface area (Å²) in [5.41, 5.74) is 1.05. The Hall–Kier alpha value is -1.01. The summed E-state index contributed by atoms with van der Waals surface area (Å²) in [4.78, 5) is 4.84. The third-order valence-corrected chi connectivity index (χ3v) is 5.84. The number of amidine groups is 1. The highest BCUT2D eigenvalue weighted by atomic mass is 32.2. The first-order valence-corrected chi connectivity index (χ1v) is 9.37.